The van der Waals surface area contributed by atoms with Gasteiger partial charge in [0, 0.05) is 31.5 Å². The van der Waals surface area contributed by atoms with E-state index in [9.17, 15) is 18.0 Å². The number of piperidine rings is 1. The van der Waals surface area contributed by atoms with Crippen LogP contribution in [0.25, 0.3) is 0 Å². The van der Waals surface area contributed by atoms with Crippen LogP contribution in [0.15, 0.2) is 0 Å². The second-order valence-corrected chi connectivity index (χ2v) is 8.85. The normalized spacial score (nSPS) is 28.8. The van der Waals surface area contributed by atoms with E-state index in [0.29, 0.717) is 13.1 Å². The molecule has 0 aromatic rings. The van der Waals surface area contributed by atoms with Gasteiger partial charge in [-0.3, -0.25) is 4.79 Å². The van der Waals surface area contributed by atoms with Gasteiger partial charge in [-0.15, -0.1) is 0 Å². The van der Waals surface area contributed by atoms with Crippen LogP contribution >= 0.6 is 0 Å². The minimum absolute atomic E-state index is 0.124. The molecule has 1 atom stereocenters. The van der Waals surface area contributed by atoms with Gasteiger partial charge in [0.05, 0.1) is 6.42 Å². The number of alkyl halides is 3. The summed E-state index contributed by atoms with van der Waals surface area (Å²) >= 11 is 0. The Bertz CT molecular complexity index is 476. The molecule has 1 amide bonds. The van der Waals surface area contributed by atoms with Crippen molar-refractivity contribution in [3.63, 3.8) is 0 Å². The van der Waals surface area contributed by atoms with E-state index in [1.807, 2.05) is 0 Å². The molecule has 1 saturated carbocycles. The maximum atomic E-state index is 12.4. The molecule has 3 nitrogen and oxygen atoms in total. The van der Waals surface area contributed by atoms with Crippen molar-refractivity contribution < 1.29 is 18.0 Å². The number of halogens is 3. The van der Waals surface area contributed by atoms with Gasteiger partial charge in [-0.05, 0) is 44.7 Å². The van der Waals surface area contributed by atoms with E-state index < -0.39 is 19.0 Å². The van der Waals surface area contributed by atoms with Crippen LogP contribution < -0.4 is 0 Å². The highest BCUT2D eigenvalue weighted by Crippen LogP contribution is 2.40. The fourth-order valence-corrected chi connectivity index (χ4v) is 5.23. The zero-order valence-corrected chi connectivity index (χ0v) is 15.8. The highest BCUT2D eigenvalue weighted by molar-refractivity contribution is 5.76. The van der Waals surface area contributed by atoms with Gasteiger partial charge >= 0.3 is 6.18 Å². The number of likely N-dealkylation sites (tertiary alicyclic amines) is 2. The highest BCUT2D eigenvalue weighted by Gasteiger charge is 2.43. The maximum absolute atomic E-state index is 12.4. The van der Waals surface area contributed by atoms with Gasteiger partial charge in [0.2, 0.25) is 5.91 Å². The second-order valence-electron chi connectivity index (χ2n) is 8.85. The summed E-state index contributed by atoms with van der Waals surface area (Å²) in [6.45, 7) is 4.59. The highest BCUT2D eigenvalue weighted by atomic mass is 19.4. The molecule has 0 radical (unpaired) electrons. The molecule has 0 aromatic carbocycles. The third-order valence-electron chi connectivity index (χ3n) is 6.73. The Labute approximate surface area is 155 Å². The summed E-state index contributed by atoms with van der Waals surface area (Å²) in [6, 6.07) is 0. The molecule has 1 aliphatic carbocycles. The Hall–Kier alpha value is -0.780. The van der Waals surface area contributed by atoms with E-state index in [-0.39, 0.29) is 11.3 Å². The lowest BCUT2D eigenvalue weighted by Gasteiger charge is -2.41. The van der Waals surface area contributed by atoms with E-state index in [0.717, 1.165) is 44.8 Å². The molecule has 3 rings (SSSR count). The van der Waals surface area contributed by atoms with Gasteiger partial charge in [0.25, 0.3) is 0 Å². The van der Waals surface area contributed by atoms with Crippen molar-refractivity contribution in [1.82, 2.24) is 9.80 Å². The lowest BCUT2D eigenvalue weighted by atomic mass is 9.79. The summed E-state index contributed by atoms with van der Waals surface area (Å²) < 4.78 is 37.1. The predicted octanol–water partition coefficient (Wildman–Crippen LogP) is 4.61. The van der Waals surface area contributed by atoms with Gasteiger partial charge in [0.15, 0.2) is 0 Å². The minimum Gasteiger partial charge on any atom is -0.342 e. The number of rotatable bonds is 5. The quantitative estimate of drug-likeness (QED) is 0.701. The summed E-state index contributed by atoms with van der Waals surface area (Å²) in [5, 5.41) is 0. The Balaban J connectivity index is 1.45. The average molecular weight is 374 g/mol. The van der Waals surface area contributed by atoms with Gasteiger partial charge in [-0.1, -0.05) is 32.1 Å². The number of amides is 1. The van der Waals surface area contributed by atoms with Crippen LogP contribution in [0.1, 0.15) is 70.6 Å². The molecule has 2 aliphatic heterocycles. The van der Waals surface area contributed by atoms with E-state index in [2.05, 4.69) is 4.90 Å². The van der Waals surface area contributed by atoms with Gasteiger partial charge < -0.3 is 9.80 Å². The summed E-state index contributed by atoms with van der Waals surface area (Å²) in [6.07, 6.45) is 5.75. The molecule has 0 bridgehead atoms. The maximum Gasteiger partial charge on any atom is 0.389 e. The SMILES string of the molecule is O=C(CCC(F)(F)F)N1CC[C@@]2(CCCN(CCC3CCCCC3)C2)C1. The Kier molecular flexibility index (Phi) is 6.52. The van der Waals surface area contributed by atoms with Crippen LogP contribution in [0.5, 0.6) is 0 Å². The van der Waals surface area contributed by atoms with Crippen LogP contribution in [0.3, 0.4) is 0 Å². The van der Waals surface area contributed by atoms with Crippen LogP contribution in [0.4, 0.5) is 13.2 Å². The fraction of sp³-hybridized carbons (Fsp3) is 0.950. The van der Waals surface area contributed by atoms with Crippen LogP contribution in [0, 0.1) is 11.3 Å². The Morgan fingerprint density at radius 3 is 2.50 bits per heavy atom. The molecule has 6 heteroatoms. The van der Waals surface area contributed by atoms with Gasteiger partial charge in [-0.2, -0.15) is 13.2 Å². The fourth-order valence-electron chi connectivity index (χ4n) is 5.23. The number of nitrogens with zero attached hydrogens (tertiary/aromatic N) is 2. The van der Waals surface area contributed by atoms with Crippen molar-refractivity contribution in [1.29, 1.82) is 0 Å². The van der Waals surface area contributed by atoms with Crippen LogP contribution in [0.2, 0.25) is 0 Å². The minimum atomic E-state index is -4.24. The number of carbonyl (C=O) groups is 1. The average Bonchev–Trinajstić information content (AvgIpc) is 3.01. The van der Waals surface area contributed by atoms with Crippen molar-refractivity contribution in [2.24, 2.45) is 11.3 Å². The monoisotopic (exact) mass is 374 g/mol. The molecule has 2 heterocycles. The van der Waals surface area contributed by atoms with Crippen molar-refractivity contribution in [3.05, 3.63) is 0 Å². The van der Waals surface area contributed by atoms with E-state index in [1.54, 1.807) is 4.90 Å². The Morgan fingerprint density at radius 2 is 1.77 bits per heavy atom. The second kappa shape index (κ2) is 8.49. The number of hydrogen-bond acceptors (Lipinski definition) is 2. The zero-order chi connectivity index (χ0) is 18.6. The molecule has 26 heavy (non-hydrogen) atoms. The van der Waals surface area contributed by atoms with Gasteiger partial charge in [0.1, 0.15) is 0 Å². The Morgan fingerprint density at radius 1 is 1.00 bits per heavy atom. The molecule has 2 saturated heterocycles. The topological polar surface area (TPSA) is 23.6 Å². The largest absolute Gasteiger partial charge is 0.389 e. The van der Waals surface area contributed by atoms with E-state index in [4.69, 9.17) is 0 Å². The number of hydrogen-bond donors (Lipinski definition) is 0. The first-order chi connectivity index (χ1) is 12.4. The summed E-state index contributed by atoms with van der Waals surface area (Å²) in [5.41, 5.74) is 0.124. The van der Waals surface area contributed by atoms with Crippen molar-refractivity contribution in [2.45, 2.75) is 76.8 Å². The lowest BCUT2D eigenvalue weighted by molar-refractivity contribution is -0.148. The van der Waals surface area contributed by atoms with Gasteiger partial charge in [-0.25, -0.2) is 0 Å². The molecule has 3 aliphatic rings. The first kappa shape index (κ1) is 20.0. The predicted molar refractivity (Wildman–Crippen MR) is 95.8 cm³/mol. The van der Waals surface area contributed by atoms with E-state index >= 15 is 0 Å². The van der Waals surface area contributed by atoms with Crippen molar-refractivity contribution >= 4 is 5.91 Å². The molecule has 3 fully saturated rings. The molecule has 0 aromatic heterocycles. The van der Waals surface area contributed by atoms with Crippen LogP contribution in [-0.4, -0.2) is 54.6 Å². The van der Waals surface area contributed by atoms with Crippen LogP contribution in [-0.2, 0) is 4.79 Å². The summed E-state index contributed by atoms with van der Waals surface area (Å²) in [7, 11) is 0. The van der Waals surface area contributed by atoms with Crippen molar-refractivity contribution in [2.75, 3.05) is 32.7 Å². The molecule has 150 valence electrons. The van der Waals surface area contributed by atoms with Crippen molar-refractivity contribution in [3.8, 4) is 0 Å². The number of carbonyl (C=O) groups excluding carboxylic acids is 1. The molecular weight excluding hydrogens is 341 g/mol. The molecular formula is C20H33F3N2O. The zero-order valence-electron chi connectivity index (χ0n) is 15.8. The standard InChI is InChI=1S/C20H33F3N2O/c21-20(22,23)10-7-18(26)25-14-11-19(16-25)9-4-12-24(15-19)13-8-17-5-2-1-3-6-17/h17H,1-16H2/t19-/m1/s1. The molecule has 0 N–H and O–H groups in total. The van der Waals surface area contributed by atoms with E-state index in [1.165, 1.54) is 38.5 Å². The first-order valence-electron chi connectivity index (χ1n) is 10.4. The summed E-state index contributed by atoms with van der Waals surface area (Å²) in [4.78, 5) is 16.4. The third kappa shape index (κ3) is 5.61. The molecule has 1 spiro atoms. The third-order valence-corrected chi connectivity index (χ3v) is 6.73. The lowest BCUT2D eigenvalue weighted by Crippen LogP contribution is -2.46. The smallest absolute Gasteiger partial charge is 0.342 e. The first-order valence-corrected chi connectivity index (χ1v) is 10.4. The summed E-state index contributed by atoms with van der Waals surface area (Å²) in [5.74, 6) is 0.559. The molecule has 0 unspecified atom stereocenters.